The minimum atomic E-state index is -1.25. The molecule has 16 heavy (non-hydrogen) atoms. The Hall–Kier alpha value is -2.43. The zero-order valence-electron chi connectivity index (χ0n) is 8.18. The monoisotopic (exact) mass is 216 g/mol. The van der Waals surface area contributed by atoms with Crippen LogP contribution in [0.25, 0.3) is 11.3 Å². The van der Waals surface area contributed by atoms with E-state index in [-0.39, 0.29) is 5.56 Å². The first-order valence-electron chi connectivity index (χ1n) is 4.56. The van der Waals surface area contributed by atoms with Crippen molar-refractivity contribution in [1.29, 1.82) is 0 Å². The molecule has 0 saturated carbocycles. The van der Waals surface area contributed by atoms with Gasteiger partial charge in [0.05, 0.1) is 5.69 Å². The largest absolute Gasteiger partial charge is 0.477 e. The van der Waals surface area contributed by atoms with E-state index >= 15 is 0 Å². The average Bonchev–Trinajstić information content (AvgIpc) is 2.30. The van der Waals surface area contributed by atoms with Gasteiger partial charge in [-0.3, -0.25) is 9.78 Å². The number of carboxylic acid groups (broad SMARTS) is 1. The van der Waals surface area contributed by atoms with Gasteiger partial charge >= 0.3 is 5.97 Å². The number of pyridine rings is 2. The lowest BCUT2D eigenvalue weighted by molar-refractivity contribution is 0.0695. The predicted molar refractivity (Wildman–Crippen MR) is 57.3 cm³/mol. The Morgan fingerprint density at radius 1 is 1.38 bits per heavy atom. The van der Waals surface area contributed by atoms with Crippen LogP contribution in [-0.2, 0) is 0 Å². The average molecular weight is 216 g/mol. The lowest BCUT2D eigenvalue weighted by Crippen LogP contribution is -2.16. The molecule has 0 saturated heterocycles. The molecule has 5 heteroatoms. The molecule has 0 aliphatic heterocycles. The van der Waals surface area contributed by atoms with E-state index < -0.39 is 11.5 Å². The van der Waals surface area contributed by atoms with Gasteiger partial charge in [0, 0.05) is 18.0 Å². The summed E-state index contributed by atoms with van der Waals surface area (Å²) in [6.45, 7) is 0. The van der Waals surface area contributed by atoms with Crippen LogP contribution in [0.1, 0.15) is 10.4 Å². The second kappa shape index (κ2) is 3.98. The van der Waals surface area contributed by atoms with Gasteiger partial charge in [0.15, 0.2) is 0 Å². The van der Waals surface area contributed by atoms with Crippen LogP contribution in [0.15, 0.2) is 41.5 Å². The van der Waals surface area contributed by atoms with E-state index in [0.717, 1.165) is 0 Å². The Morgan fingerprint density at radius 3 is 2.81 bits per heavy atom. The summed E-state index contributed by atoms with van der Waals surface area (Å²) in [4.78, 5) is 28.4. The fraction of sp³-hybridized carbons (Fsp3) is 0. The number of carboxylic acids is 1. The number of aromatic amines is 1. The van der Waals surface area contributed by atoms with Crippen molar-refractivity contribution in [3.8, 4) is 11.3 Å². The SMILES string of the molecule is O=C(O)c1cc(-c2ccccn2)c[nH]c1=O. The van der Waals surface area contributed by atoms with Crippen LogP contribution in [0.5, 0.6) is 0 Å². The predicted octanol–water partition coefficient (Wildman–Crippen LogP) is 1.14. The summed E-state index contributed by atoms with van der Waals surface area (Å²) in [6, 6.07) is 6.59. The molecule has 2 aromatic heterocycles. The normalized spacial score (nSPS) is 10.0. The maximum atomic E-state index is 11.2. The molecule has 2 N–H and O–H groups in total. The lowest BCUT2D eigenvalue weighted by atomic mass is 10.1. The minimum Gasteiger partial charge on any atom is -0.477 e. The van der Waals surface area contributed by atoms with Crippen molar-refractivity contribution in [2.75, 3.05) is 0 Å². The molecule has 5 nitrogen and oxygen atoms in total. The Bertz CT molecular complexity index is 575. The van der Waals surface area contributed by atoms with Crippen LogP contribution in [-0.4, -0.2) is 21.0 Å². The van der Waals surface area contributed by atoms with E-state index in [2.05, 4.69) is 9.97 Å². The van der Waals surface area contributed by atoms with Gasteiger partial charge in [-0.25, -0.2) is 4.79 Å². The van der Waals surface area contributed by atoms with Gasteiger partial charge < -0.3 is 10.1 Å². The summed E-state index contributed by atoms with van der Waals surface area (Å²) in [5.74, 6) is -1.25. The second-order valence-corrected chi connectivity index (χ2v) is 3.15. The van der Waals surface area contributed by atoms with Gasteiger partial charge in [-0.05, 0) is 18.2 Å². The number of hydrogen-bond acceptors (Lipinski definition) is 3. The first-order valence-corrected chi connectivity index (χ1v) is 4.56. The van der Waals surface area contributed by atoms with Crippen molar-refractivity contribution in [1.82, 2.24) is 9.97 Å². The molecule has 0 fully saturated rings. The van der Waals surface area contributed by atoms with E-state index in [1.54, 1.807) is 24.4 Å². The third kappa shape index (κ3) is 1.83. The van der Waals surface area contributed by atoms with Crippen molar-refractivity contribution in [2.24, 2.45) is 0 Å². The van der Waals surface area contributed by atoms with Crippen LogP contribution in [0.3, 0.4) is 0 Å². The number of carbonyl (C=O) groups is 1. The van der Waals surface area contributed by atoms with E-state index in [0.29, 0.717) is 11.3 Å². The first kappa shape index (κ1) is 10.1. The number of aromatic nitrogens is 2. The summed E-state index contributed by atoms with van der Waals surface area (Å²) in [7, 11) is 0. The van der Waals surface area contributed by atoms with Gasteiger partial charge in [0.1, 0.15) is 5.56 Å². The van der Waals surface area contributed by atoms with E-state index in [1.807, 2.05) is 0 Å². The van der Waals surface area contributed by atoms with Gasteiger partial charge in [-0.1, -0.05) is 6.07 Å². The van der Waals surface area contributed by atoms with Crippen LogP contribution < -0.4 is 5.56 Å². The summed E-state index contributed by atoms with van der Waals surface area (Å²) in [6.07, 6.45) is 3.04. The Morgan fingerprint density at radius 2 is 2.19 bits per heavy atom. The molecule has 0 radical (unpaired) electrons. The fourth-order valence-electron chi connectivity index (χ4n) is 1.32. The number of hydrogen-bond donors (Lipinski definition) is 2. The maximum absolute atomic E-state index is 11.2. The van der Waals surface area contributed by atoms with E-state index in [9.17, 15) is 9.59 Å². The van der Waals surface area contributed by atoms with Crippen molar-refractivity contribution in [3.63, 3.8) is 0 Å². The third-order valence-corrected chi connectivity index (χ3v) is 2.09. The molecule has 0 atom stereocenters. The number of aromatic carboxylic acids is 1. The van der Waals surface area contributed by atoms with Crippen molar-refractivity contribution in [2.45, 2.75) is 0 Å². The molecular formula is C11H8N2O3. The van der Waals surface area contributed by atoms with Crippen molar-refractivity contribution in [3.05, 3.63) is 52.6 Å². The number of nitrogens with one attached hydrogen (secondary N) is 1. The molecule has 2 rings (SSSR count). The summed E-state index contributed by atoms with van der Waals surface area (Å²) in [5.41, 5.74) is 0.272. The maximum Gasteiger partial charge on any atom is 0.341 e. The molecule has 0 unspecified atom stereocenters. The van der Waals surface area contributed by atoms with Crippen molar-refractivity contribution < 1.29 is 9.90 Å². The highest BCUT2D eigenvalue weighted by Crippen LogP contribution is 2.14. The fourth-order valence-corrected chi connectivity index (χ4v) is 1.32. The second-order valence-electron chi connectivity index (χ2n) is 3.15. The zero-order valence-corrected chi connectivity index (χ0v) is 8.18. The van der Waals surface area contributed by atoms with E-state index in [1.165, 1.54) is 12.3 Å². The quantitative estimate of drug-likeness (QED) is 0.788. The van der Waals surface area contributed by atoms with Gasteiger partial charge in [0.2, 0.25) is 0 Å². The molecule has 2 heterocycles. The van der Waals surface area contributed by atoms with Gasteiger partial charge in [-0.2, -0.15) is 0 Å². The first-order chi connectivity index (χ1) is 7.68. The smallest absolute Gasteiger partial charge is 0.341 e. The highest BCUT2D eigenvalue weighted by molar-refractivity contribution is 5.88. The topological polar surface area (TPSA) is 83.0 Å². The Balaban J connectivity index is 2.57. The van der Waals surface area contributed by atoms with Gasteiger partial charge in [0.25, 0.3) is 5.56 Å². The molecule has 0 aliphatic rings. The number of H-pyrrole nitrogens is 1. The molecule has 80 valence electrons. The van der Waals surface area contributed by atoms with Crippen molar-refractivity contribution >= 4 is 5.97 Å². The molecule has 0 aliphatic carbocycles. The molecule has 2 aromatic rings. The van der Waals surface area contributed by atoms with Crippen LogP contribution >= 0.6 is 0 Å². The molecule has 0 bridgehead atoms. The number of nitrogens with zero attached hydrogens (tertiary/aromatic N) is 1. The lowest BCUT2D eigenvalue weighted by Gasteiger charge is -2.00. The number of rotatable bonds is 2. The molecule has 0 spiro atoms. The minimum absolute atomic E-state index is 0.289. The standard InChI is InChI=1S/C11H8N2O3/c14-10-8(11(15)16)5-7(6-13-10)9-3-1-2-4-12-9/h1-6H,(H,13,14)(H,15,16). The molecule has 0 aromatic carbocycles. The molecular weight excluding hydrogens is 208 g/mol. The summed E-state index contributed by atoms with van der Waals surface area (Å²) in [5, 5.41) is 8.80. The summed E-state index contributed by atoms with van der Waals surface area (Å²) >= 11 is 0. The highest BCUT2D eigenvalue weighted by Gasteiger charge is 2.10. The Kier molecular flexibility index (Phi) is 2.51. The third-order valence-electron chi connectivity index (χ3n) is 2.09. The highest BCUT2D eigenvalue weighted by atomic mass is 16.4. The summed E-state index contributed by atoms with van der Waals surface area (Å²) < 4.78 is 0. The van der Waals surface area contributed by atoms with Crippen LogP contribution in [0, 0.1) is 0 Å². The Labute approximate surface area is 90.4 Å². The molecule has 0 amide bonds. The zero-order chi connectivity index (χ0) is 11.5. The van der Waals surface area contributed by atoms with Crippen LogP contribution in [0.4, 0.5) is 0 Å². The van der Waals surface area contributed by atoms with Gasteiger partial charge in [-0.15, -0.1) is 0 Å². The van der Waals surface area contributed by atoms with Crippen LogP contribution in [0.2, 0.25) is 0 Å². The van der Waals surface area contributed by atoms with E-state index in [4.69, 9.17) is 5.11 Å².